The SMILES string of the molecule is C=C(C(C)(C)C)C(C)(C)CCN(C)C(C)(C)C. The van der Waals surface area contributed by atoms with Crippen molar-refractivity contribution in [2.24, 2.45) is 10.8 Å². The molecule has 0 N–H and O–H groups in total. The molecule has 0 heterocycles. The number of allylic oxidation sites excluding steroid dienone is 1. The number of nitrogens with zero attached hydrogens (tertiary/aromatic N) is 1. The molecular formula is C16H33N. The lowest BCUT2D eigenvalue weighted by Gasteiger charge is -2.39. The first kappa shape index (κ1) is 16.7. The van der Waals surface area contributed by atoms with Crippen LogP contribution in [0.3, 0.4) is 0 Å². The molecule has 0 bridgehead atoms. The van der Waals surface area contributed by atoms with Gasteiger partial charge in [0.15, 0.2) is 0 Å². The van der Waals surface area contributed by atoms with Crippen molar-refractivity contribution >= 4 is 0 Å². The molecule has 0 aromatic rings. The molecule has 0 saturated carbocycles. The van der Waals surface area contributed by atoms with Gasteiger partial charge in [0.25, 0.3) is 0 Å². The first-order valence-electron chi connectivity index (χ1n) is 6.69. The summed E-state index contributed by atoms with van der Waals surface area (Å²) in [6.07, 6.45) is 1.16. The van der Waals surface area contributed by atoms with Gasteiger partial charge < -0.3 is 4.90 Å². The van der Waals surface area contributed by atoms with Crippen LogP contribution in [0.4, 0.5) is 0 Å². The van der Waals surface area contributed by atoms with Gasteiger partial charge in [-0.05, 0) is 51.6 Å². The monoisotopic (exact) mass is 239 g/mol. The molecule has 0 aliphatic carbocycles. The molecule has 0 unspecified atom stereocenters. The first-order valence-corrected chi connectivity index (χ1v) is 6.69. The number of hydrogen-bond acceptors (Lipinski definition) is 1. The Morgan fingerprint density at radius 1 is 0.941 bits per heavy atom. The van der Waals surface area contributed by atoms with Crippen molar-refractivity contribution in [3.8, 4) is 0 Å². The van der Waals surface area contributed by atoms with E-state index in [1.807, 2.05) is 0 Å². The highest BCUT2D eigenvalue weighted by Gasteiger charge is 2.30. The molecule has 0 amide bonds. The second-order valence-electron chi connectivity index (χ2n) is 7.95. The Balaban J connectivity index is 4.53. The van der Waals surface area contributed by atoms with E-state index in [1.54, 1.807) is 0 Å². The molecule has 1 heteroatoms. The van der Waals surface area contributed by atoms with E-state index in [0.29, 0.717) is 0 Å². The summed E-state index contributed by atoms with van der Waals surface area (Å²) in [5.41, 5.74) is 2.01. The molecule has 0 aromatic carbocycles. The van der Waals surface area contributed by atoms with Gasteiger partial charge in [-0.3, -0.25) is 0 Å². The van der Waals surface area contributed by atoms with Crippen molar-refractivity contribution in [2.45, 2.75) is 67.3 Å². The standard InChI is InChI=1S/C16H33N/c1-13(14(2,3)4)16(8,9)11-12-17(10)15(5,6)7/h1,11-12H2,2-10H3. The highest BCUT2D eigenvalue weighted by Crippen LogP contribution is 2.40. The molecule has 0 fully saturated rings. The van der Waals surface area contributed by atoms with Crippen LogP contribution in [0.2, 0.25) is 0 Å². The Hall–Kier alpha value is -0.300. The van der Waals surface area contributed by atoms with E-state index in [1.165, 1.54) is 5.57 Å². The molecule has 0 rings (SSSR count). The summed E-state index contributed by atoms with van der Waals surface area (Å²) in [4.78, 5) is 2.42. The zero-order chi connectivity index (χ0) is 14.1. The van der Waals surface area contributed by atoms with Crippen molar-refractivity contribution < 1.29 is 0 Å². The van der Waals surface area contributed by atoms with Crippen LogP contribution >= 0.6 is 0 Å². The van der Waals surface area contributed by atoms with Crippen molar-refractivity contribution in [1.82, 2.24) is 4.90 Å². The average molecular weight is 239 g/mol. The third kappa shape index (κ3) is 5.25. The lowest BCUT2D eigenvalue weighted by molar-refractivity contribution is 0.151. The summed E-state index contributed by atoms with van der Waals surface area (Å²) in [5.74, 6) is 0. The van der Waals surface area contributed by atoms with Gasteiger partial charge in [-0.1, -0.05) is 46.8 Å². The third-order valence-electron chi connectivity index (χ3n) is 3.94. The van der Waals surface area contributed by atoms with E-state index in [4.69, 9.17) is 0 Å². The second-order valence-corrected chi connectivity index (χ2v) is 7.95. The largest absolute Gasteiger partial charge is 0.301 e. The van der Waals surface area contributed by atoms with E-state index >= 15 is 0 Å². The molecule has 0 saturated heterocycles. The molecule has 0 atom stereocenters. The predicted molar refractivity (Wildman–Crippen MR) is 79.4 cm³/mol. The summed E-state index contributed by atoms with van der Waals surface area (Å²) in [6, 6.07) is 0. The van der Waals surface area contributed by atoms with Crippen molar-refractivity contribution in [1.29, 1.82) is 0 Å². The van der Waals surface area contributed by atoms with Gasteiger partial charge in [-0.15, -0.1) is 0 Å². The van der Waals surface area contributed by atoms with Crippen LogP contribution < -0.4 is 0 Å². The molecule has 0 radical (unpaired) electrons. The van der Waals surface area contributed by atoms with Crippen LogP contribution in [0, 0.1) is 10.8 Å². The Morgan fingerprint density at radius 3 is 1.65 bits per heavy atom. The quantitative estimate of drug-likeness (QED) is 0.641. The van der Waals surface area contributed by atoms with Crippen molar-refractivity contribution in [2.75, 3.05) is 13.6 Å². The molecule has 102 valence electrons. The van der Waals surface area contributed by atoms with E-state index in [0.717, 1.165) is 13.0 Å². The molecule has 0 spiro atoms. The molecule has 0 aliphatic heterocycles. The fourth-order valence-electron chi connectivity index (χ4n) is 1.95. The topological polar surface area (TPSA) is 3.24 Å². The lowest BCUT2D eigenvalue weighted by atomic mass is 9.70. The Labute approximate surface area is 109 Å². The van der Waals surface area contributed by atoms with Gasteiger partial charge in [0, 0.05) is 5.54 Å². The van der Waals surface area contributed by atoms with Crippen LogP contribution in [-0.2, 0) is 0 Å². The molecule has 0 aliphatic rings. The van der Waals surface area contributed by atoms with Crippen LogP contribution in [0.5, 0.6) is 0 Å². The van der Waals surface area contributed by atoms with Gasteiger partial charge in [-0.25, -0.2) is 0 Å². The Kier molecular flexibility index (Phi) is 5.05. The zero-order valence-electron chi connectivity index (χ0n) is 13.6. The normalized spacial score (nSPS) is 14.2. The fraction of sp³-hybridized carbons (Fsp3) is 0.875. The van der Waals surface area contributed by atoms with Gasteiger partial charge in [0.2, 0.25) is 0 Å². The van der Waals surface area contributed by atoms with E-state index in [-0.39, 0.29) is 16.4 Å². The molecular weight excluding hydrogens is 206 g/mol. The maximum Gasteiger partial charge on any atom is 0.0122 e. The van der Waals surface area contributed by atoms with Crippen LogP contribution in [0.15, 0.2) is 12.2 Å². The van der Waals surface area contributed by atoms with E-state index in [9.17, 15) is 0 Å². The van der Waals surface area contributed by atoms with Gasteiger partial charge >= 0.3 is 0 Å². The van der Waals surface area contributed by atoms with Gasteiger partial charge in [0.05, 0.1) is 0 Å². The smallest absolute Gasteiger partial charge is 0.0122 e. The number of hydrogen-bond donors (Lipinski definition) is 0. The highest BCUT2D eigenvalue weighted by atomic mass is 15.1. The number of rotatable bonds is 4. The Bertz CT molecular complexity index is 260. The first-order chi connectivity index (χ1) is 7.28. The third-order valence-corrected chi connectivity index (χ3v) is 3.94. The second kappa shape index (κ2) is 5.14. The summed E-state index contributed by atoms with van der Waals surface area (Å²) < 4.78 is 0. The summed E-state index contributed by atoms with van der Waals surface area (Å²) >= 11 is 0. The van der Waals surface area contributed by atoms with Crippen molar-refractivity contribution in [3.63, 3.8) is 0 Å². The van der Waals surface area contributed by atoms with Crippen molar-refractivity contribution in [3.05, 3.63) is 12.2 Å². The minimum absolute atomic E-state index is 0.198. The minimum atomic E-state index is 0.198. The Morgan fingerprint density at radius 2 is 1.35 bits per heavy atom. The maximum absolute atomic E-state index is 4.32. The average Bonchev–Trinajstić information content (AvgIpc) is 2.10. The fourth-order valence-corrected chi connectivity index (χ4v) is 1.95. The van der Waals surface area contributed by atoms with Gasteiger partial charge in [0.1, 0.15) is 0 Å². The van der Waals surface area contributed by atoms with Crippen LogP contribution in [0.1, 0.15) is 61.8 Å². The van der Waals surface area contributed by atoms with E-state index in [2.05, 4.69) is 73.9 Å². The highest BCUT2D eigenvalue weighted by molar-refractivity contribution is 5.14. The lowest BCUT2D eigenvalue weighted by Crippen LogP contribution is -2.40. The van der Waals surface area contributed by atoms with Crippen LogP contribution in [0.25, 0.3) is 0 Å². The minimum Gasteiger partial charge on any atom is -0.301 e. The molecule has 0 aromatic heterocycles. The summed E-state index contributed by atoms with van der Waals surface area (Å²) in [5, 5.41) is 0. The zero-order valence-corrected chi connectivity index (χ0v) is 13.6. The van der Waals surface area contributed by atoms with Crippen LogP contribution in [-0.4, -0.2) is 24.0 Å². The van der Waals surface area contributed by atoms with E-state index < -0.39 is 0 Å². The molecule has 17 heavy (non-hydrogen) atoms. The predicted octanol–water partition coefficient (Wildman–Crippen LogP) is 4.74. The summed E-state index contributed by atoms with van der Waals surface area (Å²) in [7, 11) is 2.20. The van der Waals surface area contributed by atoms with Gasteiger partial charge in [-0.2, -0.15) is 0 Å². The maximum atomic E-state index is 4.32. The summed E-state index contributed by atoms with van der Waals surface area (Å²) in [6.45, 7) is 23.6. The molecule has 1 nitrogen and oxygen atoms in total.